The molecule has 1 aromatic carbocycles. The van der Waals surface area contributed by atoms with Gasteiger partial charge in [0.15, 0.2) is 5.96 Å². The van der Waals surface area contributed by atoms with Crippen LogP contribution in [0.2, 0.25) is 0 Å². The van der Waals surface area contributed by atoms with Crippen LogP contribution in [-0.2, 0) is 17.8 Å². The van der Waals surface area contributed by atoms with Crippen LogP contribution in [-0.4, -0.2) is 51.8 Å². The van der Waals surface area contributed by atoms with Crippen LogP contribution in [0.3, 0.4) is 0 Å². The number of methoxy groups -OCH3 is 1. The Morgan fingerprint density at radius 1 is 1.22 bits per heavy atom. The first kappa shape index (κ1) is 21.7. The minimum Gasteiger partial charge on any atom is -0.385 e. The van der Waals surface area contributed by atoms with Crippen LogP contribution < -0.4 is 10.6 Å². The van der Waals surface area contributed by atoms with Gasteiger partial charge in [0.05, 0.1) is 0 Å². The lowest BCUT2D eigenvalue weighted by Crippen LogP contribution is -2.43. The van der Waals surface area contributed by atoms with Crippen molar-refractivity contribution in [2.24, 2.45) is 10.4 Å². The van der Waals surface area contributed by atoms with E-state index in [9.17, 15) is 0 Å². The first-order valence-electron chi connectivity index (χ1n) is 10.3. The predicted molar refractivity (Wildman–Crippen MR) is 114 cm³/mol. The quantitative estimate of drug-likeness (QED) is 0.487. The van der Waals surface area contributed by atoms with Gasteiger partial charge in [0, 0.05) is 40.4 Å². The first-order valence-corrected chi connectivity index (χ1v) is 10.3. The minimum absolute atomic E-state index is 0.359. The topological polar surface area (TPSA) is 48.9 Å². The number of aliphatic imine (C=N–C) groups is 1. The minimum atomic E-state index is 0.359. The molecule has 0 aliphatic heterocycles. The lowest BCUT2D eigenvalue weighted by molar-refractivity contribution is 0.138. The lowest BCUT2D eigenvalue weighted by Gasteiger charge is -2.30. The molecule has 0 radical (unpaired) electrons. The Kier molecular flexibility index (Phi) is 9.08. The van der Waals surface area contributed by atoms with Gasteiger partial charge in [-0.1, -0.05) is 44.0 Å². The summed E-state index contributed by atoms with van der Waals surface area (Å²) in [6, 6.07) is 8.79. The second kappa shape index (κ2) is 11.3. The maximum absolute atomic E-state index is 5.34. The van der Waals surface area contributed by atoms with Gasteiger partial charge in [0.25, 0.3) is 0 Å². The van der Waals surface area contributed by atoms with Crippen molar-refractivity contribution in [1.82, 2.24) is 15.5 Å². The standard InChI is InChI=1S/C22H38N4O/c1-5-26(3)17-20-10-8-9-19(15-20)16-24-21(23-2)25-18-22(13-14-27-4)11-6-7-12-22/h8-10,15H,5-7,11-14,16-18H2,1-4H3,(H2,23,24,25). The van der Waals surface area contributed by atoms with E-state index in [-0.39, 0.29) is 0 Å². The Morgan fingerprint density at radius 2 is 1.96 bits per heavy atom. The van der Waals surface area contributed by atoms with Crippen LogP contribution in [0.1, 0.15) is 50.2 Å². The van der Waals surface area contributed by atoms with E-state index in [1.165, 1.54) is 36.8 Å². The number of benzene rings is 1. The van der Waals surface area contributed by atoms with Crippen LogP contribution in [0.4, 0.5) is 0 Å². The fourth-order valence-electron chi connectivity index (χ4n) is 3.90. The smallest absolute Gasteiger partial charge is 0.191 e. The van der Waals surface area contributed by atoms with E-state index in [1.807, 2.05) is 7.05 Å². The zero-order valence-corrected chi connectivity index (χ0v) is 17.7. The van der Waals surface area contributed by atoms with Crippen LogP contribution in [0, 0.1) is 5.41 Å². The van der Waals surface area contributed by atoms with Crippen molar-refractivity contribution < 1.29 is 4.74 Å². The third-order valence-electron chi connectivity index (χ3n) is 5.80. The summed E-state index contributed by atoms with van der Waals surface area (Å²) >= 11 is 0. The summed E-state index contributed by atoms with van der Waals surface area (Å²) in [5, 5.41) is 7.03. The van der Waals surface area contributed by atoms with E-state index in [0.717, 1.165) is 45.2 Å². The number of nitrogens with zero attached hydrogens (tertiary/aromatic N) is 2. The van der Waals surface area contributed by atoms with Crippen LogP contribution in [0.15, 0.2) is 29.3 Å². The Bertz CT molecular complexity index is 581. The van der Waals surface area contributed by atoms with Gasteiger partial charge in [0.2, 0.25) is 0 Å². The number of nitrogens with one attached hydrogen (secondary N) is 2. The van der Waals surface area contributed by atoms with Crippen molar-refractivity contribution in [3.8, 4) is 0 Å². The van der Waals surface area contributed by atoms with Gasteiger partial charge in [-0.15, -0.1) is 0 Å². The van der Waals surface area contributed by atoms with Gasteiger partial charge in [-0.05, 0) is 49.4 Å². The molecule has 5 heteroatoms. The summed E-state index contributed by atoms with van der Waals surface area (Å²) in [5.41, 5.74) is 3.00. The van der Waals surface area contributed by atoms with Crippen molar-refractivity contribution in [2.75, 3.05) is 40.9 Å². The van der Waals surface area contributed by atoms with Crippen LogP contribution in [0.5, 0.6) is 0 Å². The van der Waals surface area contributed by atoms with E-state index in [4.69, 9.17) is 4.74 Å². The lowest BCUT2D eigenvalue weighted by atomic mass is 9.83. The Labute approximate surface area is 165 Å². The second-order valence-electron chi connectivity index (χ2n) is 7.88. The molecule has 152 valence electrons. The average molecular weight is 375 g/mol. The fourth-order valence-corrected chi connectivity index (χ4v) is 3.90. The maximum Gasteiger partial charge on any atom is 0.191 e. The molecule has 1 aromatic rings. The summed E-state index contributed by atoms with van der Waals surface area (Å²) in [7, 11) is 5.79. The summed E-state index contributed by atoms with van der Waals surface area (Å²) in [4.78, 5) is 6.73. The van der Waals surface area contributed by atoms with E-state index < -0.39 is 0 Å². The number of hydrogen-bond donors (Lipinski definition) is 2. The predicted octanol–water partition coefficient (Wildman–Crippen LogP) is 3.40. The Morgan fingerprint density at radius 3 is 2.63 bits per heavy atom. The van der Waals surface area contributed by atoms with Gasteiger partial charge in [-0.3, -0.25) is 4.99 Å². The molecule has 1 saturated carbocycles. The molecule has 2 N–H and O–H groups in total. The number of rotatable bonds is 10. The zero-order chi connectivity index (χ0) is 19.5. The molecule has 0 unspecified atom stereocenters. The number of hydrogen-bond acceptors (Lipinski definition) is 3. The van der Waals surface area contributed by atoms with E-state index in [1.54, 1.807) is 7.11 Å². The van der Waals surface area contributed by atoms with Crippen molar-refractivity contribution in [1.29, 1.82) is 0 Å². The highest BCUT2D eigenvalue weighted by atomic mass is 16.5. The molecule has 1 fully saturated rings. The highest BCUT2D eigenvalue weighted by Crippen LogP contribution is 2.40. The highest BCUT2D eigenvalue weighted by Gasteiger charge is 2.33. The normalized spacial score (nSPS) is 16.7. The highest BCUT2D eigenvalue weighted by molar-refractivity contribution is 5.79. The molecule has 0 aromatic heterocycles. The summed E-state index contributed by atoms with van der Waals surface area (Å²) in [6.45, 7) is 6.83. The fraction of sp³-hybridized carbons (Fsp3) is 0.682. The third kappa shape index (κ3) is 7.15. The van der Waals surface area contributed by atoms with E-state index in [0.29, 0.717) is 5.41 Å². The number of ether oxygens (including phenoxy) is 1. The van der Waals surface area contributed by atoms with Gasteiger partial charge < -0.3 is 20.3 Å². The van der Waals surface area contributed by atoms with Crippen molar-refractivity contribution in [2.45, 2.75) is 52.1 Å². The Balaban J connectivity index is 1.85. The number of guanidine groups is 1. The van der Waals surface area contributed by atoms with Gasteiger partial charge in [-0.25, -0.2) is 0 Å². The second-order valence-corrected chi connectivity index (χ2v) is 7.88. The van der Waals surface area contributed by atoms with Gasteiger partial charge >= 0.3 is 0 Å². The van der Waals surface area contributed by atoms with Crippen LogP contribution in [0.25, 0.3) is 0 Å². The monoisotopic (exact) mass is 374 g/mol. The summed E-state index contributed by atoms with van der Waals surface area (Å²) in [6.07, 6.45) is 6.36. The van der Waals surface area contributed by atoms with Crippen LogP contribution >= 0.6 is 0 Å². The molecule has 0 heterocycles. The molecule has 5 nitrogen and oxygen atoms in total. The SMILES string of the molecule is CCN(C)Cc1cccc(CNC(=NC)NCC2(CCOC)CCCC2)c1. The average Bonchev–Trinajstić information content (AvgIpc) is 3.16. The molecular formula is C22H38N4O. The van der Waals surface area contributed by atoms with E-state index >= 15 is 0 Å². The van der Waals surface area contributed by atoms with Gasteiger partial charge in [0.1, 0.15) is 0 Å². The molecule has 0 amide bonds. The molecule has 0 spiro atoms. The molecule has 2 rings (SSSR count). The molecule has 27 heavy (non-hydrogen) atoms. The largest absolute Gasteiger partial charge is 0.385 e. The molecule has 0 saturated heterocycles. The summed E-state index contributed by atoms with van der Waals surface area (Å²) in [5.74, 6) is 0.884. The molecule has 0 bridgehead atoms. The third-order valence-corrected chi connectivity index (χ3v) is 5.80. The summed E-state index contributed by atoms with van der Waals surface area (Å²) < 4.78 is 5.34. The zero-order valence-electron chi connectivity index (χ0n) is 17.7. The van der Waals surface area contributed by atoms with Crippen molar-refractivity contribution in [3.63, 3.8) is 0 Å². The van der Waals surface area contributed by atoms with E-state index in [2.05, 4.69) is 58.8 Å². The van der Waals surface area contributed by atoms with Crippen molar-refractivity contribution in [3.05, 3.63) is 35.4 Å². The molecule has 1 aliphatic carbocycles. The van der Waals surface area contributed by atoms with Crippen molar-refractivity contribution >= 4 is 5.96 Å². The first-order chi connectivity index (χ1) is 13.1. The molecule has 0 atom stereocenters. The maximum atomic E-state index is 5.34. The Hall–Kier alpha value is -1.59. The van der Waals surface area contributed by atoms with Gasteiger partial charge in [-0.2, -0.15) is 0 Å². The molecule has 1 aliphatic rings. The molecular weight excluding hydrogens is 336 g/mol.